The smallest absolute Gasteiger partial charge is 0.308 e. The van der Waals surface area contributed by atoms with Crippen molar-refractivity contribution in [1.82, 2.24) is 0 Å². The van der Waals surface area contributed by atoms with Gasteiger partial charge in [0, 0.05) is 52.3 Å². The number of carbonyl (C=O) groups is 5. The maximum absolute atomic E-state index is 12.3. The molecule has 0 bridgehead atoms. The lowest BCUT2D eigenvalue weighted by atomic mass is 9.96. The Labute approximate surface area is 276 Å². The first-order chi connectivity index (χ1) is 22.8. The van der Waals surface area contributed by atoms with E-state index in [0.717, 1.165) is 26.3 Å². The monoisotopic (exact) mass is 674 g/mol. The van der Waals surface area contributed by atoms with Gasteiger partial charge in [0.1, 0.15) is 36.1 Å². The summed E-state index contributed by atoms with van der Waals surface area (Å²) in [5, 5.41) is 0. The maximum Gasteiger partial charge on any atom is 0.308 e. The maximum atomic E-state index is 12.3. The van der Waals surface area contributed by atoms with E-state index in [4.69, 9.17) is 47.4 Å². The van der Waals surface area contributed by atoms with Crippen LogP contribution in [0, 0.1) is 0 Å². The minimum Gasteiger partial charge on any atom is -0.493 e. The summed E-state index contributed by atoms with van der Waals surface area (Å²) in [6, 6.07) is 8.40. The Kier molecular flexibility index (Phi) is 11.7. The fourth-order valence-corrected chi connectivity index (χ4v) is 5.46. The average Bonchev–Trinajstić information content (AvgIpc) is 3.01. The number of methoxy groups -OCH3 is 2. The van der Waals surface area contributed by atoms with Gasteiger partial charge in [-0.3, -0.25) is 24.0 Å². The number of rotatable bonds is 11. The molecule has 2 heterocycles. The molecule has 1 saturated heterocycles. The lowest BCUT2D eigenvalue weighted by Crippen LogP contribution is -2.63. The zero-order chi connectivity index (χ0) is 35.1. The molecule has 1 fully saturated rings. The second kappa shape index (κ2) is 15.7. The van der Waals surface area contributed by atoms with E-state index in [9.17, 15) is 24.0 Å². The zero-order valence-corrected chi connectivity index (χ0v) is 27.6. The summed E-state index contributed by atoms with van der Waals surface area (Å²) in [7, 11) is 3.07. The molecule has 0 aromatic heterocycles. The van der Waals surface area contributed by atoms with Gasteiger partial charge >= 0.3 is 29.8 Å². The molecule has 0 saturated carbocycles. The van der Waals surface area contributed by atoms with Crippen molar-refractivity contribution in [1.29, 1.82) is 0 Å². The van der Waals surface area contributed by atoms with Crippen LogP contribution in [0.5, 0.6) is 28.7 Å². The van der Waals surface area contributed by atoms with Gasteiger partial charge < -0.3 is 47.4 Å². The van der Waals surface area contributed by atoms with E-state index < -0.39 is 73.3 Å². The minimum atomic E-state index is -1.51. The van der Waals surface area contributed by atoms with Crippen LogP contribution in [0.1, 0.15) is 58.3 Å². The van der Waals surface area contributed by atoms with Crippen molar-refractivity contribution in [3.8, 4) is 28.7 Å². The van der Waals surface area contributed by atoms with Crippen LogP contribution in [-0.4, -0.2) is 81.4 Å². The van der Waals surface area contributed by atoms with Crippen molar-refractivity contribution in [3.63, 3.8) is 0 Å². The third-order valence-corrected chi connectivity index (χ3v) is 7.30. The molecule has 0 amide bonds. The normalized spacial score (nSPS) is 22.9. The molecular formula is C33H38O15. The Bertz CT molecular complexity index is 1540. The predicted molar refractivity (Wildman–Crippen MR) is 162 cm³/mol. The molecule has 260 valence electrons. The number of esters is 5. The topological polar surface area (TPSA) is 178 Å². The van der Waals surface area contributed by atoms with Crippen LogP contribution in [0.3, 0.4) is 0 Å². The highest BCUT2D eigenvalue weighted by atomic mass is 16.7. The van der Waals surface area contributed by atoms with Crippen LogP contribution >= 0.6 is 0 Å². The average molecular weight is 675 g/mol. The van der Waals surface area contributed by atoms with Gasteiger partial charge in [-0.15, -0.1) is 0 Å². The number of ether oxygens (including phenoxy) is 10. The van der Waals surface area contributed by atoms with Crippen molar-refractivity contribution in [2.75, 3.05) is 20.8 Å². The molecule has 0 radical (unpaired) electrons. The first-order valence-electron chi connectivity index (χ1n) is 15.0. The van der Waals surface area contributed by atoms with E-state index in [1.807, 2.05) is 6.07 Å². The summed E-state index contributed by atoms with van der Waals surface area (Å²) in [6.45, 7) is 5.34. The number of fused-ring (bicyclic) bond motifs is 1. The summed E-state index contributed by atoms with van der Waals surface area (Å²) in [4.78, 5) is 60.3. The molecule has 2 aromatic carbocycles. The second-order valence-electron chi connectivity index (χ2n) is 10.9. The molecule has 0 aliphatic carbocycles. The Hall–Kier alpha value is -5.05. The Morgan fingerprint density at radius 1 is 0.729 bits per heavy atom. The van der Waals surface area contributed by atoms with E-state index in [-0.39, 0.29) is 11.5 Å². The third-order valence-electron chi connectivity index (χ3n) is 7.30. The van der Waals surface area contributed by atoms with Gasteiger partial charge in [0.2, 0.25) is 12.4 Å². The van der Waals surface area contributed by atoms with Gasteiger partial charge in [-0.05, 0) is 30.5 Å². The van der Waals surface area contributed by atoms with Crippen LogP contribution in [0.15, 0.2) is 30.3 Å². The van der Waals surface area contributed by atoms with Crippen molar-refractivity contribution < 1.29 is 71.3 Å². The molecule has 2 aliphatic rings. The molecule has 15 heteroatoms. The number of benzene rings is 2. The van der Waals surface area contributed by atoms with Gasteiger partial charge in [0.25, 0.3) is 0 Å². The summed E-state index contributed by atoms with van der Waals surface area (Å²) in [5.41, 5.74) is 1.37. The van der Waals surface area contributed by atoms with Gasteiger partial charge in [0.15, 0.2) is 23.7 Å². The molecular weight excluding hydrogens is 636 g/mol. The van der Waals surface area contributed by atoms with E-state index in [1.165, 1.54) is 34.1 Å². The van der Waals surface area contributed by atoms with Crippen LogP contribution < -0.4 is 23.7 Å². The summed E-state index contributed by atoms with van der Waals surface area (Å²) in [6.07, 6.45) is -6.53. The fourth-order valence-electron chi connectivity index (χ4n) is 5.46. The first-order valence-corrected chi connectivity index (χ1v) is 15.0. The molecule has 48 heavy (non-hydrogen) atoms. The van der Waals surface area contributed by atoms with E-state index in [2.05, 4.69) is 0 Å². The van der Waals surface area contributed by atoms with Crippen LogP contribution in [-0.2, 0) is 54.1 Å². The highest BCUT2D eigenvalue weighted by Gasteiger charge is 2.53. The quantitative estimate of drug-likeness (QED) is 0.193. The molecule has 0 unspecified atom stereocenters. The Morgan fingerprint density at radius 2 is 1.38 bits per heavy atom. The largest absolute Gasteiger partial charge is 0.493 e. The van der Waals surface area contributed by atoms with Gasteiger partial charge in [-0.1, -0.05) is 6.07 Å². The fraction of sp³-hybridized carbons (Fsp3) is 0.485. The Morgan fingerprint density at radius 3 is 1.98 bits per heavy atom. The minimum absolute atomic E-state index is 0.0786. The molecule has 15 nitrogen and oxygen atoms in total. The molecule has 4 rings (SSSR count). The van der Waals surface area contributed by atoms with Gasteiger partial charge in [-0.2, -0.15) is 0 Å². The van der Waals surface area contributed by atoms with Crippen molar-refractivity contribution in [2.45, 2.75) is 84.3 Å². The highest BCUT2D eigenvalue weighted by molar-refractivity contribution is 5.70. The molecule has 6 atom stereocenters. The van der Waals surface area contributed by atoms with E-state index >= 15 is 0 Å². The number of hydrogen-bond donors (Lipinski definition) is 0. The van der Waals surface area contributed by atoms with Gasteiger partial charge in [0.05, 0.1) is 14.2 Å². The lowest BCUT2D eigenvalue weighted by molar-refractivity contribution is -0.288. The molecule has 2 aromatic rings. The lowest BCUT2D eigenvalue weighted by Gasteiger charge is -2.44. The Balaban J connectivity index is 1.75. The standard InChI is InChI=1S/C33H38O15/c1-16(34)41-15-29-30(43-18(3)36)31(44-19(4)37)32(45-20(5)38)33(48-29)47-27-14-22(42-17(2)35)13-26-23(27)9-11-24(46-26)21-8-10-25(39-6)28(12-21)40-7/h8,10,12-14,24,29-33H,9,11,15H2,1-7H3/t24-,29+,30+,31-,32+,33+/m0/s1. The van der Waals surface area contributed by atoms with Crippen LogP contribution in [0.4, 0.5) is 0 Å². The second-order valence-corrected chi connectivity index (χ2v) is 10.9. The molecule has 0 spiro atoms. The van der Waals surface area contributed by atoms with E-state index in [1.54, 1.807) is 18.2 Å². The first kappa shape index (κ1) is 35.8. The summed E-state index contributed by atoms with van der Waals surface area (Å²) in [5.74, 6) is -1.99. The van der Waals surface area contributed by atoms with E-state index in [0.29, 0.717) is 35.7 Å². The third kappa shape index (κ3) is 8.85. The SMILES string of the molecule is COc1ccc([C@@H]2CCc3c(O[C@@H]4O[C@H](COC(C)=O)[C@@H](OC(C)=O)[C@H](OC(C)=O)[C@H]4OC(C)=O)cc(OC(C)=O)cc3O2)cc1OC. The highest BCUT2D eigenvalue weighted by Crippen LogP contribution is 2.45. The predicted octanol–water partition coefficient (Wildman–Crippen LogP) is 3.16. The summed E-state index contributed by atoms with van der Waals surface area (Å²) >= 11 is 0. The van der Waals surface area contributed by atoms with Crippen molar-refractivity contribution in [3.05, 3.63) is 41.5 Å². The molecule has 2 aliphatic heterocycles. The van der Waals surface area contributed by atoms with Crippen LogP contribution in [0.2, 0.25) is 0 Å². The zero-order valence-electron chi connectivity index (χ0n) is 27.6. The summed E-state index contributed by atoms with van der Waals surface area (Å²) < 4.78 is 56.6. The van der Waals surface area contributed by atoms with Crippen molar-refractivity contribution >= 4 is 29.8 Å². The van der Waals surface area contributed by atoms with Gasteiger partial charge in [-0.25, -0.2) is 0 Å². The molecule has 0 N–H and O–H groups in total. The van der Waals surface area contributed by atoms with Crippen molar-refractivity contribution in [2.24, 2.45) is 0 Å². The number of carbonyl (C=O) groups excluding carboxylic acids is 5. The number of hydrogen-bond acceptors (Lipinski definition) is 15. The van der Waals surface area contributed by atoms with Crippen LogP contribution in [0.25, 0.3) is 0 Å².